The van der Waals surface area contributed by atoms with Crippen LogP contribution in [0.25, 0.3) is 0 Å². The van der Waals surface area contributed by atoms with E-state index in [-0.39, 0.29) is 4.90 Å². The van der Waals surface area contributed by atoms with Gasteiger partial charge in [-0.05, 0) is 6.92 Å². The predicted molar refractivity (Wildman–Crippen MR) is 77.4 cm³/mol. The van der Waals surface area contributed by atoms with Crippen molar-refractivity contribution < 1.29 is 44.4 Å². The molecule has 10 heteroatoms. The standard InChI is InChI=1S/C14H21NO9/c1-6(17)12(23)14(7(2)18,15(8(3)19)9(4)20)13(24)11(22)10(21)5-16/h10-11,13,16,21-22,24H,5H2,1-4H3/t10-,11-,13+,14-/m1/s1. The maximum Gasteiger partial charge on any atom is 0.234 e. The fourth-order valence-electron chi connectivity index (χ4n) is 2.45. The molecule has 0 aromatic carbocycles. The lowest BCUT2D eigenvalue weighted by Gasteiger charge is -2.43. The third-order valence-electron chi connectivity index (χ3n) is 3.52. The Bertz CT molecular complexity index is 544. The second-order valence-electron chi connectivity index (χ2n) is 5.27. The Kier molecular flexibility index (Phi) is 7.51. The molecule has 0 spiro atoms. The molecular weight excluding hydrogens is 326 g/mol. The fourth-order valence-corrected chi connectivity index (χ4v) is 2.45. The number of carbonyl (C=O) groups excluding carboxylic acids is 5. The maximum atomic E-state index is 12.4. The summed E-state index contributed by atoms with van der Waals surface area (Å²) in [5.74, 6) is -6.43. The van der Waals surface area contributed by atoms with Gasteiger partial charge in [-0.15, -0.1) is 0 Å². The number of nitrogens with zero attached hydrogens (tertiary/aromatic N) is 1. The van der Waals surface area contributed by atoms with Crippen LogP contribution in [0.1, 0.15) is 27.7 Å². The number of Topliss-reactive ketones (excluding diaryl/α,β-unsaturated/α-hetero) is 3. The molecule has 0 rings (SSSR count). The maximum absolute atomic E-state index is 12.4. The first-order valence-electron chi connectivity index (χ1n) is 6.90. The molecule has 0 bridgehead atoms. The number of amides is 2. The summed E-state index contributed by atoms with van der Waals surface area (Å²) in [4.78, 5) is 59.8. The van der Waals surface area contributed by atoms with Crippen molar-refractivity contribution in [3.8, 4) is 0 Å². The summed E-state index contributed by atoms with van der Waals surface area (Å²) in [6.07, 6.45) is -6.84. The Morgan fingerprint density at radius 2 is 1.33 bits per heavy atom. The highest BCUT2D eigenvalue weighted by molar-refractivity contribution is 6.45. The van der Waals surface area contributed by atoms with E-state index in [1.807, 2.05) is 0 Å². The highest BCUT2D eigenvalue weighted by atomic mass is 16.4. The molecule has 0 saturated heterocycles. The Balaban J connectivity index is 6.70. The zero-order valence-corrected chi connectivity index (χ0v) is 13.7. The lowest BCUT2D eigenvalue weighted by Crippen LogP contribution is -2.73. The fraction of sp³-hybridized carbons (Fsp3) is 0.643. The summed E-state index contributed by atoms with van der Waals surface area (Å²) in [7, 11) is 0. The summed E-state index contributed by atoms with van der Waals surface area (Å²) in [6.45, 7) is 2.06. The van der Waals surface area contributed by atoms with Crippen LogP contribution in [0.2, 0.25) is 0 Å². The molecular formula is C14H21NO9. The SMILES string of the molecule is CC(=O)C(=O)[C@](C(C)=O)([C@@H](O)[C@H](O)[C@H](O)CO)N(C(C)=O)C(C)=O. The highest BCUT2D eigenvalue weighted by Crippen LogP contribution is 2.28. The molecule has 0 radical (unpaired) electrons. The van der Waals surface area contributed by atoms with E-state index in [1.165, 1.54) is 0 Å². The van der Waals surface area contributed by atoms with E-state index < -0.39 is 59.6 Å². The minimum atomic E-state index is -3.06. The van der Waals surface area contributed by atoms with Crippen LogP contribution in [0.4, 0.5) is 0 Å². The van der Waals surface area contributed by atoms with Crippen molar-refractivity contribution in [2.45, 2.75) is 51.5 Å². The summed E-state index contributed by atoms with van der Waals surface area (Å²) in [5, 5.41) is 38.5. The number of imide groups is 1. The van der Waals surface area contributed by atoms with Crippen LogP contribution in [0.3, 0.4) is 0 Å². The van der Waals surface area contributed by atoms with Crippen LogP contribution >= 0.6 is 0 Å². The quantitative estimate of drug-likeness (QED) is 0.263. The van der Waals surface area contributed by atoms with Crippen molar-refractivity contribution in [1.82, 2.24) is 4.90 Å². The molecule has 0 aliphatic rings. The summed E-state index contributed by atoms with van der Waals surface area (Å²) < 4.78 is 0. The van der Waals surface area contributed by atoms with E-state index in [0.29, 0.717) is 0 Å². The molecule has 0 aromatic rings. The van der Waals surface area contributed by atoms with Gasteiger partial charge in [0.25, 0.3) is 0 Å². The minimum Gasteiger partial charge on any atom is -0.394 e. The monoisotopic (exact) mass is 347 g/mol. The third-order valence-corrected chi connectivity index (χ3v) is 3.52. The van der Waals surface area contributed by atoms with Gasteiger partial charge < -0.3 is 20.4 Å². The first-order chi connectivity index (χ1) is 10.9. The average Bonchev–Trinajstić information content (AvgIpc) is 2.47. The third kappa shape index (κ3) is 3.73. The van der Waals surface area contributed by atoms with E-state index >= 15 is 0 Å². The van der Waals surface area contributed by atoms with Crippen LogP contribution in [-0.2, 0) is 24.0 Å². The molecule has 10 nitrogen and oxygen atoms in total. The van der Waals surface area contributed by atoms with Gasteiger partial charge in [0.15, 0.2) is 11.6 Å². The molecule has 0 saturated carbocycles. The van der Waals surface area contributed by atoms with Crippen LogP contribution in [0.15, 0.2) is 0 Å². The van der Waals surface area contributed by atoms with Gasteiger partial charge in [0.05, 0.1) is 6.61 Å². The van der Waals surface area contributed by atoms with Crippen LogP contribution in [0, 0.1) is 0 Å². The van der Waals surface area contributed by atoms with E-state index in [2.05, 4.69) is 0 Å². The Morgan fingerprint density at radius 1 is 0.917 bits per heavy atom. The van der Waals surface area contributed by atoms with Crippen LogP contribution in [-0.4, -0.2) is 84.9 Å². The molecule has 0 aromatic heterocycles. The lowest BCUT2D eigenvalue weighted by atomic mass is 9.76. The number of ketones is 3. The van der Waals surface area contributed by atoms with E-state index in [1.54, 1.807) is 0 Å². The molecule has 0 fully saturated rings. The summed E-state index contributed by atoms with van der Waals surface area (Å²) >= 11 is 0. The Morgan fingerprint density at radius 3 is 1.58 bits per heavy atom. The molecule has 2 amide bonds. The summed E-state index contributed by atoms with van der Waals surface area (Å²) in [5.41, 5.74) is -3.06. The van der Waals surface area contributed by atoms with Crippen molar-refractivity contribution in [1.29, 1.82) is 0 Å². The Hall–Kier alpha value is -2.01. The molecule has 0 heterocycles. The first-order valence-corrected chi connectivity index (χ1v) is 6.90. The highest BCUT2D eigenvalue weighted by Gasteiger charge is 2.60. The van der Waals surface area contributed by atoms with Gasteiger partial charge in [0.2, 0.25) is 23.1 Å². The molecule has 136 valence electrons. The van der Waals surface area contributed by atoms with Gasteiger partial charge in [-0.1, -0.05) is 0 Å². The number of aliphatic hydroxyl groups excluding tert-OH is 4. The van der Waals surface area contributed by atoms with Crippen molar-refractivity contribution >= 4 is 29.2 Å². The second-order valence-corrected chi connectivity index (χ2v) is 5.27. The number of rotatable bonds is 8. The van der Waals surface area contributed by atoms with Gasteiger partial charge in [-0.3, -0.25) is 28.9 Å². The molecule has 0 unspecified atom stereocenters. The average molecular weight is 347 g/mol. The van der Waals surface area contributed by atoms with Crippen LogP contribution in [0.5, 0.6) is 0 Å². The second kappa shape index (κ2) is 8.20. The smallest absolute Gasteiger partial charge is 0.234 e. The van der Waals surface area contributed by atoms with Gasteiger partial charge in [0, 0.05) is 20.8 Å². The van der Waals surface area contributed by atoms with E-state index in [9.17, 15) is 39.3 Å². The molecule has 0 aliphatic heterocycles. The largest absolute Gasteiger partial charge is 0.394 e. The van der Waals surface area contributed by atoms with E-state index in [4.69, 9.17) is 5.11 Å². The number of carbonyl (C=O) groups is 5. The first kappa shape index (κ1) is 22.0. The normalized spacial score (nSPS) is 17.2. The zero-order valence-electron chi connectivity index (χ0n) is 13.7. The number of aliphatic hydroxyl groups is 4. The molecule has 0 aliphatic carbocycles. The predicted octanol–water partition coefficient (Wildman–Crippen LogP) is -3.06. The number of hydrogen-bond donors (Lipinski definition) is 4. The van der Waals surface area contributed by atoms with Gasteiger partial charge in [0.1, 0.15) is 18.3 Å². The molecule has 4 atom stereocenters. The van der Waals surface area contributed by atoms with Crippen molar-refractivity contribution in [2.24, 2.45) is 0 Å². The topological polar surface area (TPSA) is 170 Å². The lowest BCUT2D eigenvalue weighted by molar-refractivity contribution is -0.180. The van der Waals surface area contributed by atoms with Gasteiger partial charge in [-0.2, -0.15) is 0 Å². The van der Waals surface area contributed by atoms with Crippen LogP contribution < -0.4 is 0 Å². The summed E-state index contributed by atoms with van der Waals surface area (Å²) in [6, 6.07) is 0. The number of hydrogen-bond acceptors (Lipinski definition) is 9. The van der Waals surface area contributed by atoms with E-state index in [0.717, 1.165) is 27.7 Å². The minimum absolute atomic E-state index is 0.0665. The Labute approximate surface area is 137 Å². The van der Waals surface area contributed by atoms with Crippen molar-refractivity contribution in [3.05, 3.63) is 0 Å². The molecule has 4 N–H and O–H groups in total. The van der Waals surface area contributed by atoms with Crippen molar-refractivity contribution in [3.63, 3.8) is 0 Å². The molecule has 24 heavy (non-hydrogen) atoms. The van der Waals surface area contributed by atoms with Gasteiger partial charge in [-0.25, -0.2) is 0 Å². The zero-order chi connectivity index (χ0) is 19.4. The van der Waals surface area contributed by atoms with Gasteiger partial charge >= 0.3 is 0 Å². The van der Waals surface area contributed by atoms with Crippen molar-refractivity contribution in [2.75, 3.05) is 6.61 Å².